The van der Waals surface area contributed by atoms with Gasteiger partial charge in [-0.25, -0.2) is 0 Å². The molecule has 0 heterocycles. The van der Waals surface area contributed by atoms with Crippen molar-refractivity contribution < 1.29 is 9.53 Å². The quantitative estimate of drug-likeness (QED) is 0.751. The van der Waals surface area contributed by atoms with Crippen LogP contribution in [-0.2, 0) is 22.4 Å². The van der Waals surface area contributed by atoms with Crippen LogP contribution < -0.4 is 0 Å². The highest BCUT2D eigenvalue weighted by atomic mass is 16.5. The molecule has 2 atom stereocenters. The predicted molar refractivity (Wildman–Crippen MR) is 104 cm³/mol. The first-order chi connectivity index (χ1) is 12.2. The number of rotatable bonds is 6. The number of hydrogen-bond donors (Lipinski definition) is 0. The Labute approximate surface area is 151 Å². The second kappa shape index (κ2) is 10.6. The highest BCUT2D eigenvalue weighted by Crippen LogP contribution is 2.29. The first-order valence-electron chi connectivity index (χ1n) is 9.12. The summed E-state index contributed by atoms with van der Waals surface area (Å²) >= 11 is 0. The molecule has 2 nitrogen and oxygen atoms in total. The van der Waals surface area contributed by atoms with Gasteiger partial charge >= 0.3 is 0 Å². The van der Waals surface area contributed by atoms with Gasteiger partial charge in [-0.15, -0.1) is 0 Å². The van der Waals surface area contributed by atoms with Crippen molar-refractivity contribution in [3.8, 4) is 0 Å². The molecular formula is C23H28O2. The highest BCUT2D eigenvalue weighted by Gasteiger charge is 2.29. The molecule has 0 spiro atoms. The molecule has 1 aliphatic carbocycles. The van der Waals surface area contributed by atoms with Gasteiger partial charge in [0.05, 0.1) is 0 Å². The number of ketones is 1. The molecule has 3 rings (SSSR count). The Kier molecular flexibility index (Phi) is 8.14. The van der Waals surface area contributed by atoms with Gasteiger partial charge in [-0.05, 0) is 49.8 Å². The van der Waals surface area contributed by atoms with Crippen LogP contribution in [0.2, 0.25) is 0 Å². The average molecular weight is 336 g/mol. The number of carbonyl (C=O) groups is 1. The van der Waals surface area contributed by atoms with E-state index in [2.05, 4.69) is 42.5 Å². The van der Waals surface area contributed by atoms with E-state index < -0.39 is 0 Å². The Balaban J connectivity index is 0.000000399. The van der Waals surface area contributed by atoms with E-state index >= 15 is 0 Å². The minimum atomic E-state index is 0.0950. The molecule has 0 bridgehead atoms. The number of benzene rings is 2. The zero-order valence-electron chi connectivity index (χ0n) is 15.2. The molecule has 1 aliphatic rings. The first-order valence-corrected chi connectivity index (χ1v) is 9.12. The predicted octanol–water partition coefficient (Wildman–Crippen LogP) is 4.89. The van der Waals surface area contributed by atoms with Crippen molar-refractivity contribution in [1.29, 1.82) is 0 Å². The van der Waals surface area contributed by atoms with Crippen LogP contribution in [0.5, 0.6) is 0 Å². The third-order valence-electron chi connectivity index (χ3n) is 4.41. The molecule has 0 fully saturated rings. The SMILES string of the molecule is CCOCC.O=C1C=CC(Cc2ccccc2)C1Cc1ccccc1. The van der Waals surface area contributed by atoms with Crippen LogP contribution in [0.15, 0.2) is 72.8 Å². The van der Waals surface area contributed by atoms with Gasteiger partial charge in [0.15, 0.2) is 5.78 Å². The van der Waals surface area contributed by atoms with Crippen LogP contribution in [0.4, 0.5) is 0 Å². The van der Waals surface area contributed by atoms with Crippen LogP contribution in [0.3, 0.4) is 0 Å². The number of carbonyl (C=O) groups excluding carboxylic acids is 1. The van der Waals surface area contributed by atoms with E-state index in [1.165, 1.54) is 11.1 Å². The average Bonchev–Trinajstić information content (AvgIpc) is 2.98. The van der Waals surface area contributed by atoms with E-state index in [0.29, 0.717) is 5.92 Å². The molecule has 0 aliphatic heterocycles. The molecule has 0 amide bonds. The van der Waals surface area contributed by atoms with Crippen LogP contribution in [-0.4, -0.2) is 19.0 Å². The maximum atomic E-state index is 12.1. The van der Waals surface area contributed by atoms with Gasteiger partial charge in [0.2, 0.25) is 0 Å². The lowest BCUT2D eigenvalue weighted by atomic mass is 9.84. The fourth-order valence-electron chi connectivity index (χ4n) is 3.11. The molecule has 0 radical (unpaired) electrons. The minimum Gasteiger partial charge on any atom is -0.382 e. The second-order valence-electron chi connectivity index (χ2n) is 6.19. The van der Waals surface area contributed by atoms with E-state index in [4.69, 9.17) is 4.74 Å². The monoisotopic (exact) mass is 336 g/mol. The molecule has 2 aromatic rings. The smallest absolute Gasteiger partial charge is 0.159 e. The van der Waals surface area contributed by atoms with Crippen LogP contribution >= 0.6 is 0 Å². The Bertz CT molecular complexity index is 644. The zero-order valence-corrected chi connectivity index (χ0v) is 15.2. The lowest BCUT2D eigenvalue weighted by molar-refractivity contribution is -0.118. The summed E-state index contributed by atoms with van der Waals surface area (Å²) in [6.45, 7) is 5.67. The standard InChI is InChI=1S/C19H18O.C4H10O/c20-19-12-11-17(13-15-7-3-1-4-8-15)18(19)14-16-9-5-2-6-10-16;1-3-5-4-2/h1-12,17-18H,13-14H2;3-4H2,1-2H3. The summed E-state index contributed by atoms with van der Waals surface area (Å²) in [5.41, 5.74) is 2.54. The number of ether oxygens (including phenoxy) is 1. The minimum absolute atomic E-state index is 0.0950. The van der Waals surface area contributed by atoms with E-state index in [0.717, 1.165) is 26.1 Å². The van der Waals surface area contributed by atoms with Crippen molar-refractivity contribution in [2.45, 2.75) is 26.7 Å². The second-order valence-corrected chi connectivity index (χ2v) is 6.19. The summed E-state index contributed by atoms with van der Waals surface area (Å²) in [4.78, 5) is 12.1. The van der Waals surface area contributed by atoms with Crippen molar-refractivity contribution in [3.05, 3.63) is 83.9 Å². The number of allylic oxidation sites excluding steroid dienone is 2. The van der Waals surface area contributed by atoms with E-state index in [-0.39, 0.29) is 11.7 Å². The van der Waals surface area contributed by atoms with Crippen molar-refractivity contribution in [2.24, 2.45) is 11.8 Å². The van der Waals surface area contributed by atoms with Crippen molar-refractivity contribution in [3.63, 3.8) is 0 Å². The van der Waals surface area contributed by atoms with Crippen LogP contribution in [0.1, 0.15) is 25.0 Å². The Morgan fingerprint density at radius 3 is 1.80 bits per heavy atom. The summed E-state index contributed by atoms with van der Waals surface area (Å²) in [6, 6.07) is 20.7. The third-order valence-corrected chi connectivity index (χ3v) is 4.41. The largest absolute Gasteiger partial charge is 0.382 e. The van der Waals surface area contributed by atoms with Crippen molar-refractivity contribution >= 4 is 5.78 Å². The molecule has 2 unspecified atom stereocenters. The zero-order chi connectivity index (χ0) is 17.9. The normalized spacial score (nSPS) is 18.7. The Hall–Kier alpha value is -2.19. The van der Waals surface area contributed by atoms with Gasteiger partial charge < -0.3 is 4.74 Å². The first kappa shape index (κ1) is 19.1. The van der Waals surface area contributed by atoms with Crippen molar-refractivity contribution in [1.82, 2.24) is 0 Å². The lowest BCUT2D eigenvalue weighted by Gasteiger charge is -2.18. The molecule has 0 N–H and O–H groups in total. The fourth-order valence-corrected chi connectivity index (χ4v) is 3.11. The maximum Gasteiger partial charge on any atom is 0.159 e. The van der Waals surface area contributed by atoms with E-state index in [1.54, 1.807) is 6.08 Å². The molecule has 0 saturated heterocycles. The summed E-state index contributed by atoms with van der Waals surface area (Å²) in [5.74, 6) is 0.692. The Morgan fingerprint density at radius 2 is 1.32 bits per heavy atom. The van der Waals surface area contributed by atoms with E-state index in [9.17, 15) is 4.79 Å². The molecule has 0 saturated carbocycles. The summed E-state index contributed by atoms with van der Waals surface area (Å²) in [6.07, 6.45) is 5.63. The Morgan fingerprint density at radius 1 is 0.800 bits per heavy atom. The topological polar surface area (TPSA) is 26.3 Å². The molecule has 0 aromatic heterocycles. The van der Waals surface area contributed by atoms with Crippen LogP contribution in [0.25, 0.3) is 0 Å². The maximum absolute atomic E-state index is 12.1. The fraction of sp³-hybridized carbons (Fsp3) is 0.348. The molecule has 2 heteroatoms. The highest BCUT2D eigenvalue weighted by molar-refractivity contribution is 5.94. The third kappa shape index (κ3) is 6.32. The van der Waals surface area contributed by atoms with Gasteiger partial charge in [0, 0.05) is 19.1 Å². The molecular weight excluding hydrogens is 308 g/mol. The summed E-state index contributed by atoms with van der Waals surface area (Å²) in [5, 5.41) is 0. The van der Waals surface area contributed by atoms with Gasteiger partial charge in [-0.1, -0.05) is 66.7 Å². The van der Waals surface area contributed by atoms with Gasteiger partial charge in [0.1, 0.15) is 0 Å². The summed E-state index contributed by atoms with van der Waals surface area (Å²) in [7, 11) is 0. The molecule has 25 heavy (non-hydrogen) atoms. The van der Waals surface area contributed by atoms with Gasteiger partial charge in [-0.3, -0.25) is 4.79 Å². The van der Waals surface area contributed by atoms with Gasteiger partial charge in [0.25, 0.3) is 0 Å². The van der Waals surface area contributed by atoms with Crippen molar-refractivity contribution in [2.75, 3.05) is 13.2 Å². The number of hydrogen-bond acceptors (Lipinski definition) is 2. The van der Waals surface area contributed by atoms with Gasteiger partial charge in [-0.2, -0.15) is 0 Å². The lowest BCUT2D eigenvalue weighted by Crippen LogP contribution is -2.20. The summed E-state index contributed by atoms with van der Waals surface area (Å²) < 4.78 is 4.83. The van der Waals surface area contributed by atoms with Crippen LogP contribution in [0, 0.1) is 11.8 Å². The van der Waals surface area contributed by atoms with E-state index in [1.807, 2.05) is 38.1 Å². The molecule has 2 aromatic carbocycles. The molecule has 132 valence electrons.